The van der Waals surface area contributed by atoms with E-state index in [-0.39, 0.29) is 0 Å². The van der Waals surface area contributed by atoms with Crippen LogP contribution in [0.25, 0.3) is 0 Å². The van der Waals surface area contributed by atoms with E-state index in [1.807, 2.05) is 0 Å². The van der Waals surface area contributed by atoms with Gasteiger partial charge in [-0.2, -0.15) is 4.39 Å². The van der Waals surface area contributed by atoms with Gasteiger partial charge in [-0.15, -0.1) is 0 Å². The van der Waals surface area contributed by atoms with Crippen molar-refractivity contribution in [1.82, 2.24) is 9.97 Å². The van der Waals surface area contributed by atoms with Gasteiger partial charge in [0.05, 0.1) is 6.61 Å². The Kier molecular flexibility index (Phi) is 3.66. The van der Waals surface area contributed by atoms with Crippen LogP contribution in [0.3, 0.4) is 0 Å². The lowest BCUT2D eigenvalue weighted by molar-refractivity contribution is 0.143. The van der Waals surface area contributed by atoms with Crippen molar-refractivity contribution < 1.29 is 9.13 Å². The Morgan fingerprint density at radius 1 is 1.56 bits per heavy atom. The van der Waals surface area contributed by atoms with Crippen LogP contribution in [0, 0.1) is 11.9 Å². The summed E-state index contributed by atoms with van der Waals surface area (Å²) in [5.74, 6) is 0.712. The Morgan fingerprint density at radius 3 is 3.19 bits per heavy atom. The Morgan fingerprint density at radius 2 is 2.44 bits per heavy atom. The zero-order valence-corrected chi connectivity index (χ0v) is 9.40. The summed E-state index contributed by atoms with van der Waals surface area (Å²) in [6, 6.07) is 1.38. The Balaban J connectivity index is 2.03. The normalized spacial score (nSPS) is 21.1. The molecule has 1 saturated heterocycles. The lowest BCUT2D eigenvalue weighted by Gasteiger charge is -2.33. The second-order valence-corrected chi connectivity index (χ2v) is 4.11. The molecule has 0 spiro atoms. The molecule has 1 atom stereocenters. The molecule has 0 radical (unpaired) electrons. The van der Waals surface area contributed by atoms with E-state index in [2.05, 4.69) is 14.9 Å². The maximum Gasteiger partial charge on any atom is 0.218 e. The molecule has 5 heteroatoms. The number of piperidine rings is 1. The third-order valence-corrected chi connectivity index (χ3v) is 2.86. The molecule has 0 aliphatic carbocycles. The van der Waals surface area contributed by atoms with Gasteiger partial charge in [-0.05, 0) is 18.8 Å². The minimum atomic E-state index is -0.473. The predicted molar refractivity (Wildman–Crippen MR) is 58.8 cm³/mol. The molecule has 0 bridgehead atoms. The summed E-state index contributed by atoms with van der Waals surface area (Å²) in [6.07, 6.45) is 3.53. The Bertz CT molecular complexity index is 346. The van der Waals surface area contributed by atoms with Gasteiger partial charge in [0.2, 0.25) is 5.95 Å². The molecule has 0 saturated carbocycles. The number of halogens is 1. The highest BCUT2D eigenvalue weighted by Gasteiger charge is 2.21. The summed E-state index contributed by atoms with van der Waals surface area (Å²) in [6.45, 7) is 2.56. The van der Waals surface area contributed by atoms with Crippen molar-refractivity contribution in [3.8, 4) is 0 Å². The molecule has 4 nitrogen and oxygen atoms in total. The molecule has 0 amide bonds. The third kappa shape index (κ3) is 2.66. The Labute approximate surface area is 94.5 Å². The first kappa shape index (κ1) is 11.3. The van der Waals surface area contributed by atoms with Crippen LogP contribution >= 0.6 is 0 Å². The Hall–Kier alpha value is -1.23. The van der Waals surface area contributed by atoms with Crippen LogP contribution in [0.5, 0.6) is 0 Å². The molecule has 1 unspecified atom stereocenters. The van der Waals surface area contributed by atoms with Gasteiger partial charge in [-0.25, -0.2) is 9.97 Å². The average molecular weight is 225 g/mol. The highest BCUT2D eigenvalue weighted by atomic mass is 19.1. The first-order chi connectivity index (χ1) is 7.79. The minimum absolute atomic E-state index is 0.473. The van der Waals surface area contributed by atoms with E-state index in [4.69, 9.17) is 4.74 Å². The summed E-state index contributed by atoms with van der Waals surface area (Å²) in [5, 5.41) is 0. The highest BCUT2D eigenvalue weighted by molar-refractivity contribution is 5.37. The molecule has 1 aliphatic rings. The standard InChI is InChI=1S/C11H16FN3O/c1-16-7-9-3-2-4-15(6-9)11-5-10(12)13-8-14-11/h5,8-9H,2-4,6-7H2,1H3. The molecule has 0 N–H and O–H groups in total. The number of aromatic nitrogens is 2. The summed E-state index contributed by atoms with van der Waals surface area (Å²) in [4.78, 5) is 9.65. The molecule has 1 aliphatic heterocycles. The van der Waals surface area contributed by atoms with E-state index in [0.29, 0.717) is 11.7 Å². The van der Waals surface area contributed by atoms with Crippen molar-refractivity contribution in [2.24, 2.45) is 5.92 Å². The van der Waals surface area contributed by atoms with Crippen molar-refractivity contribution in [3.05, 3.63) is 18.3 Å². The van der Waals surface area contributed by atoms with E-state index in [1.54, 1.807) is 7.11 Å². The maximum absolute atomic E-state index is 13.0. The van der Waals surface area contributed by atoms with Crippen molar-refractivity contribution in [3.63, 3.8) is 0 Å². The first-order valence-corrected chi connectivity index (χ1v) is 5.51. The number of anilines is 1. The fourth-order valence-corrected chi connectivity index (χ4v) is 2.14. The largest absolute Gasteiger partial charge is 0.384 e. The van der Waals surface area contributed by atoms with Crippen LogP contribution in [-0.4, -0.2) is 36.8 Å². The van der Waals surface area contributed by atoms with Crippen LogP contribution in [0.15, 0.2) is 12.4 Å². The minimum Gasteiger partial charge on any atom is -0.384 e. The van der Waals surface area contributed by atoms with Gasteiger partial charge >= 0.3 is 0 Å². The van der Waals surface area contributed by atoms with Crippen molar-refractivity contribution >= 4 is 5.82 Å². The van der Waals surface area contributed by atoms with Crippen LogP contribution < -0.4 is 4.90 Å². The number of rotatable bonds is 3. The van der Waals surface area contributed by atoms with E-state index >= 15 is 0 Å². The van der Waals surface area contributed by atoms with Gasteiger partial charge < -0.3 is 9.64 Å². The van der Waals surface area contributed by atoms with Gasteiger partial charge in [0.25, 0.3) is 0 Å². The van der Waals surface area contributed by atoms with Crippen LogP contribution in [0.4, 0.5) is 10.2 Å². The van der Waals surface area contributed by atoms with Crippen LogP contribution in [-0.2, 0) is 4.74 Å². The second-order valence-electron chi connectivity index (χ2n) is 4.11. The molecule has 1 aromatic heterocycles. The number of nitrogens with zero attached hydrogens (tertiary/aromatic N) is 3. The molecule has 2 heterocycles. The number of hydrogen-bond donors (Lipinski definition) is 0. The van der Waals surface area contributed by atoms with Crippen LogP contribution in [0.2, 0.25) is 0 Å². The first-order valence-electron chi connectivity index (χ1n) is 5.51. The van der Waals surface area contributed by atoms with Gasteiger partial charge in [0.15, 0.2) is 0 Å². The summed E-state index contributed by atoms with van der Waals surface area (Å²) in [7, 11) is 1.71. The van der Waals surface area contributed by atoms with Crippen molar-refractivity contribution in [2.75, 3.05) is 31.7 Å². The van der Waals surface area contributed by atoms with Gasteiger partial charge in [-0.1, -0.05) is 0 Å². The summed E-state index contributed by atoms with van der Waals surface area (Å²) < 4.78 is 18.1. The number of hydrogen-bond acceptors (Lipinski definition) is 4. The smallest absolute Gasteiger partial charge is 0.218 e. The molecule has 88 valence electrons. The predicted octanol–water partition coefficient (Wildman–Crippen LogP) is 1.48. The zero-order valence-electron chi connectivity index (χ0n) is 9.40. The van der Waals surface area contributed by atoms with Crippen LogP contribution in [0.1, 0.15) is 12.8 Å². The van der Waals surface area contributed by atoms with E-state index < -0.39 is 5.95 Å². The molecule has 2 rings (SSSR count). The summed E-state index contributed by atoms with van der Waals surface area (Å²) in [5.41, 5.74) is 0. The molecule has 0 aromatic carbocycles. The molecule has 1 fully saturated rings. The highest BCUT2D eigenvalue weighted by Crippen LogP contribution is 2.21. The van der Waals surface area contributed by atoms with E-state index in [1.165, 1.54) is 12.4 Å². The van der Waals surface area contributed by atoms with E-state index in [9.17, 15) is 4.39 Å². The third-order valence-electron chi connectivity index (χ3n) is 2.86. The number of methoxy groups -OCH3 is 1. The lowest BCUT2D eigenvalue weighted by Crippen LogP contribution is -2.37. The molecular weight excluding hydrogens is 209 g/mol. The van der Waals surface area contributed by atoms with Crippen molar-refractivity contribution in [1.29, 1.82) is 0 Å². The quantitative estimate of drug-likeness (QED) is 0.730. The fourth-order valence-electron chi connectivity index (χ4n) is 2.14. The zero-order chi connectivity index (χ0) is 11.4. The maximum atomic E-state index is 13.0. The molecular formula is C11H16FN3O. The lowest BCUT2D eigenvalue weighted by atomic mass is 9.99. The van der Waals surface area contributed by atoms with Crippen molar-refractivity contribution in [2.45, 2.75) is 12.8 Å². The van der Waals surface area contributed by atoms with Gasteiger partial charge in [-0.3, -0.25) is 0 Å². The topological polar surface area (TPSA) is 38.2 Å². The average Bonchev–Trinajstić information content (AvgIpc) is 2.30. The van der Waals surface area contributed by atoms with Gasteiger partial charge in [0.1, 0.15) is 12.1 Å². The number of ether oxygens (including phenoxy) is 1. The monoisotopic (exact) mass is 225 g/mol. The summed E-state index contributed by atoms with van der Waals surface area (Å²) >= 11 is 0. The van der Waals surface area contributed by atoms with E-state index in [0.717, 1.165) is 32.5 Å². The molecule has 1 aromatic rings. The van der Waals surface area contributed by atoms with Gasteiger partial charge in [0, 0.05) is 26.3 Å². The fraction of sp³-hybridized carbons (Fsp3) is 0.636. The molecule has 16 heavy (non-hydrogen) atoms. The second kappa shape index (κ2) is 5.21. The SMILES string of the molecule is COCC1CCCN(c2cc(F)ncn2)C1.